The Kier molecular flexibility index (Phi) is 4.48. The summed E-state index contributed by atoms with van der Waals surface area (Å²) in [6, 6.07) is 11.9. The summed E-state index contributed by atoms with van der Waals surface area (Å²) < 4.78 is 13.8. The summed E-state index contributed by atoms with van der Waals surface area (Å²) in [4.78, 5) is 12.6. The molecule has 2 rings (SSSR count). The number of benzene rings is 2. The molecule has 0 aliphatic carbocycles. The molecule has 0 aromatic heterocycles. The molecule has 21 heavy (non-hydrogen) atoms. The van der Waals surface area contributed by atoms with Gasteiger partial charge in [0.15, 0.2) is 5.78 Å². The van der Waals surface area contributed by atoms with Gasteiger partial charge in [-0.15, -0.1) is 0 Å². The van der Waals surface area contributed by atoms with E-state index in [0.717, 1.165) is 5.56 Å². The Hall–Kier alpha value is -1.67. The van der Waals surface area contributed by atoms with Gasteiger partial charge in [-0.25, -0.2) is 4.39 Å². The fourth-order valence-corrected chi connectivity index (χ4v) is 2.57. The van der Waals surface area contributed by atoms with Crippen molar-refractivity contribution in [1.82, 2.24) is 0 Å². The van der Waals surface area contributed by atoms with Crippen molar-refractivity contribution in [3.63, 3.8) is 0 Å². The highest BCUT2D eigenvalue weighted by Gasteiger charge is 2.22. The minimum Gasteiger partial charge on any atom is -0.294 e. The lowest BCUT2D eigenvalue weighted by Crippen LogP contribution is -2.18. The summed E-state index contributed by atoms with van der Waals surface area (Å²) >= 11 is 6.00. The Bertz CT molecular complexity index is 651. The molecule has 0 N–H and O–H groups in total. The Balaban J connectivity index is 2.38. The molecule has 0 spiro atoms. The van der Waals surface area contributed by atoms with Crippen LogP contribution in [-0.2, 0) is 11.8 Å². The van der Waals surface area contributed by atoms with Crippen molar-refractivity contribution < 1.29 is 9.18 Å². The molecule has 0 aliphatic rings. The third-order valence-corrected chi connectivity index (χ3v) is 3.79. The quantitative estimate of drug-likeness (QED) is 0.712. The molecule has 3 heteroatoms. The Morgan fingerprint density at radius 3 is 2.38 bits per heavy atom. The van der Waals surface area contributed by atoms with Crippen molar-refractivity contribution in [3.8, 4) is 0 Å². The van der Waals surface area contributed by atoms with Crippen molar-refractivity contribution >= 4 is 17.4 Å². The third-order valence-electron chi connectivity index (χ3n) is 3.43. The van der Waals surface area contributed by atoms with Gasteiger partial charge in [-0.1, -0.05) is 62.7 Å². The molecule has 1 nitrogen and oxygen atoms in total. The summed E-state index contributed by atoms with van der Waals surface area (Å²) in [5.41, 5.74) is 1.70. The normalized spacial score (nSPS) is 11.5. The van der Waals surface area contributed by atoms with Crippen LogP contribution < -0.4 is 0 Å². The zero-order valence-corrected chi connectivity index (χ0v) is 13.2. The lowest BCUT2D eigenvalue weighted by atomic mass is 9.82. The average Bonchev–Trinajstić information content (AvgIpc) is 2.42. The fourth-order valence-electron chi connectivity index (χ4n) is 2.34. The highest BCUT2D eigenvalue weighted by atomic mass is 35.5. The number of carbonyl (C=O) groups excluding carboxylic acids is 1. The minimum absolute atomic E-state index is 0.0292. The van der Waals surface area contributed by atoms with Crippen molar-refractivity contribution in [2.24, 2.45) is 0 Å². The molecule has 110 valence electrons. The molecule has 0 atom stereocenters. The van der Waals surface area contributed by atoms with Gasteiger partial charge in [0.2, 0.25) is 0 Å². The van der Waals surface area contributed by atoms with Crippen LogP contribution in [0.3, 0.4) is 0 Å². The predicted molar refractivity (Wildman–Crippen MR) is 84.6 cm³/mol. The van der Waals surface area contributed by atoms with E-state index in [2.05, 4.69) is 20.8 Å². The van der Waals surface area contributed by atoms with E-state index < -0.39 is 5.82 Å². The summed E-state index contributed by atoms with van der Waals surface area (Å²) in [7, 11) is 0. The van der Waals surface area contributed by atoms with E-state index in [1.54, 1.807) is 12.1 Å². The molecule has 0 saturated heterocycles. The molecule has 0 fully saturated rings. The Morgan fingerprint density at radius 1 is 1.10 bits per heavy atom. The summed E-state index contributed by atoms with van der Waals surface area (Å²) in [5.74, 6) is -0.559. The van der Waals surface area contributed by atoms with Gasteiger partial charge in [0.05, 0.1) is 0 Å². The first-order valence-electron chi connectivity index (χ1n) is 6.86. The largest absolute Gasteiger partial charge is 0.294 e. The number of hydrogen-bond donors (Lipinski definition) is 0. The lowest BCUT2D eigenvalue weighted by molar-refractivity contribution is 0.0989. The first kappa shape index (κ1) is 15.7. The smallest absolute Gasteiger partial charge is 0.167 e. The topological polar surface area (TPSA) is 17.1 Å². The van der Waals surface area contributed by atoms with Crippen molar-refractivity contribution in [1.29, 1.82) is 0 Å². The maximum absolute atomic E-state index is 13.8. The predicted octanol–water partition coefficient (Wildman–Crippen LogP) is 5.20. The molecule has 0 heterocycles. The van der Waals surface area contributed by atoms with E-state index in [1.165, 1.54) is 12.1 Å². The maximum atomic E-state index is 13.8. The number of halogens is 2. The summed E-state index contributed by atoms with van der Waals surface area (Å²) in [6.45, 7) is 6.15. The molecule has 0 aliphatic heterocycles. The molecule has 0 amide bonds. The first-order chi connectivity index (χ1) is 9.80. The summed E-state index contributed by atoms with van der Waals surface area (Å²) in [5, 5.41) is 0.289. The number of ketones is 1. The van der Waals surface area contributed by atoms with Crippen LogP contribution in [0.15, 0.2) is 42.5 Å². The van der Waals surface area contributed by atoms with Gasteiger partial charge in [0.1, 0.15) is 5.82 Å². The van der Waals surface area contributed by atoms with Crippen LogP contribution in [0.5, 0.6) is 0 Å². The second-order valence-electron chi connectivity index (χ2n) is 6.10. The van der Waals surface area contributed by atoms with Crippen molar-refractivity contribution in [2.75, 3.05) is 0 Å². The van der Waals surface area contributed by atoms with E-state index in [1.807, 2.05) is 18.2 Å². The van der Waals surface area contributed by atoms with E-state index in [9.17, 15) is 9.18 Å². The second kappa shape index (κ2) is 5.98. The molecule has 0 unspecified atom stereocenters. The number of rotatable bonds is 3. The van der Waals surface area contributed by atoms with Crippen LogP contribution in [0.2, 0.25) is 5.02 Å². The highest BCUT2D eigenvalue weighted by molar-refractivity contribution is 6.31. The van der Waals surface area contributed by atoms with Gasteiger partial charge in [-0.3, -0.25) is 4.79 Å². The SMILES string of the molecule is CC(C)(C)c1ccccc1C(=O)Cc1c(F)cccc1Cl. The minimum atomic E-state index is -0.441. The lowest BCUT2D eigenvalue weighted by Gasteiger charge is -2.22. The number of carbonyl (C=O) groups is 1. The third kappa shape index (κ3) is 3.51. The van der Waals surface area contributed by atoms with E-state index in [4.69, 9.17) is 11.6 Å². The van der Waals surface area contributed by atoms with Crippen LogP contribution in [0.4, 0.5) is 4.39 Å². The van der Waals surface area contributed by atoms with E-state index >= 15 is 0 Å². The van der Waals surface area contributed by atoms with Crippen LogP contribution in [0.25, 0.3) is 0 Å². The van der Waals surface area contributed by atoms with Gasteiger partial charge in [0, 0.05) is 22.6 Å². The van der Waals surface area contributed by atoms with Crippen LogP contribution in [0, 0.1) is 5.82 Å². The monoisotopic (exact) mass is 304 g/mol. The molecule has 2 aromatic carbocycles. The second-order valence-corrected chi connectivity index (χ2v) is 6.50. The fraction of sp³-hybridized carbons (Fsp3) is 0.278. The van der Waals surface area contributed by atoms with Crippen molar-refractivity contribution in [3.05, 3.63) is 70.0 Å². The molecule has 2 aromatic rings. The standard InChI is InChI=1S/C18H18ClFO/c1-18(2,3)14-8-5-4-7-12(14)17(21)11-13-15(19)9-6-10-16(13)20/h4-10H,11H2,1-3H3. The maximum Gasteiger partial charge on any atom is 0.167 e. The Labute approximate surface area is 129 Å². The van der Waals surface area contributed by atoms with Gasteiger partial charge in [0.25, 0.3) is 0 Å². The molecular formula is C18H18ClFO. The highest BCUT2D eigenvalue weighted by Crippen LogP contribution is 2.28. The average molecular weight is 305 g/mol. The first-order valence-corrected chi connectivity index (χ1v) is 7.24. The van der Waals surface area contributed by atoms with Gasteiger partial charge >= 0.3 is 0 Å². The zero-order valence-electron chi connectivity index (χ0n) is 12.4. The van der Waals surface area contributed by atoms with Crippen LogP contribution in [-0.4, -0.2) is 5.78 Å². The van der Waals surface area contributed by atoms with E-state index in [0.29, 0.717) is 5.56 Å². The molecule has 0 radical (unpaired) electrons. The summed E-state index contributed by atoms with van der Waals surface area (Å²) in [6.07, 6.45) is -0.0292. The van der Waals surface area contributed by atoms with Gasteiger partial charge < -0.3 is 0 Å². The Morgan fingerprint density at radius 2 is 1.76 bits per heavy atom. The van der Waals surface area contributed by atoms with Crippen LogP contribution in [0.1, 0.15) is 42.3 Å². The molecule has 0 bridgehead atoms. The van der Waals surface area contributed by atoms with Crippen LogP contribution >= 0.6 is 11.6 Å². The van der Waals surface area contributed by atoms with Gasteiger partial charge in [-0.2, -0.15) is 0 Å². The van der Waals surface area contributed by atoms with E-state index in [-0.39, 0.29) is 28.2 Å². The molecular weight excluding hydrogens is 287 g/mol. The van der Waals surface area contributed by atoms with Gasteiger partial charge in [-0.05, 0) is 23.1 Å². The molecule has 0 saturated carbocycles. The van der Waals surface area contributed by atoms with Crippen molar-refractivity contribution in [2.45, 2.75) is 32.6 Å². The number of Topliss-reactive ketones (excluding diaryl/α,β-unsaturated/α-hetero) is 1. The zero-order chi connectivity index (χ0) is 15.6. The number of hydrogen-bond acceptors (Lipinski definition) is 1.